The van der Waals surface area contributed by atoms with E-state index in [1.165, 1.54) is 25.0 Å². The number of carbonyl (C=O) groups excluding carboxylic acids is 1. The largest absolute Gasteiger partial charge is 0.351 e. The summed E-state index contributed by atoms with van der Waals surface area (Å²) in [6.45, 7) is 6.92. The first-order chi connectivity index (χ1) is 9.86. The fraction of sp³-hybridized carbons (Fsp3) is 0.625. The van der Waals surface area contributed by atoms with Crippen LogP contribution in [0.4, 0.5) is 0 Å². The number of halogens is 1. The van der Waals surface area contributed by atoms with Crippen molar-refractivity contribution in [1.29, 1.82) is 0 Å². The van der Waals surface area contributed by atoms with Crippen molar-refractivity contribution in [2.75, 3.05) is 12.3 Å². The van der Waals surface area contributed by atoms with Gasteiger partial charge in [0.15, 0.2) is 0 Å². The summed E-state index contributed by atoms with van der Waals surface area (Å²) >= 11 is 8.01. The molecule has 0 spiro atoms. The molecule has 3 nitrogen and oxygen atoms in total. The number of carbonyl (C=O) groups is 1. The molecule has 0 aromatic carbocycles. The molecule has 1 amide bonds. The van der Waals surface area contributed by atoms with Crippen molar-refractivity contribution < 1.29 is 4.79 Å². The Kier molecular flexibility index (Phi) is 5.55. The van der Waals surface area contributed by atoms with Crippen LogP contribution < -0.4 is 5.32 Å². The Balaban J connectivity index is 2.03. The highest BCUT2D eigenvalue weighted by Crippen LogP contribution is 2.25. The minimum atomic E-state index is -0.126. The van der Waals surface area contributed by atoms with Gasteiger partial charge >= 0.3 is 0 Å². The Morgan fingerprint density at radius 2 is 2.19 bits per heavy atom. The van der Waals surface area contributed by atoms with Gasteiger partial charge in [0.25, 0.3) is 5.91 Å². The molecule has 1 saturated heterocycles. The molecule has 1 aromatic heterocycles. The maximum atomic E-state index is 12.3. The Morgan fingerprint density at radius 1 is 1.43 bits per heavy atom. The summed E-state index contributed by atoms with van der Waals surface area (Å²) in [6, 6.07) is 3.48. The van der Waals surface area contributed by atoms with E-state index < -0.39 is 0 Å². The lowest BCUT2D eigenvalue weighted by Gasteiger charge is -2.22. The zero-order valence-corrected chi connectivity index (χ0v) is 14.5. The number of rotatable bonds is 3. The van der Waals surface area contributed by atoms with Crippen LogP contribution in [0.2, 0.25) is 5.15 Å². The lowest BCUT2D eigenvalue weighted by molar-refractivity contribution is 0.0953. The van der Waals surface area contributed by atoms with Gasteiger partial charge in [0.1, 0.15) is 5.15 Å². The van der Waals surface area contributed by atoms with Crippen LogP contribution in [0.15, 0.2) is 12.1 Å². The van der Waals surface area contributed by atoms with E-state index >= 15 is 0 Å². The third-order valence-corrected chi connectivity index (χ3v) is 5.18. The minimum absolute atomic E-state index is 0.0593. The van der Waals surface area contributed by atoms with Crippen molar-refractivity contribution in [2.45, 2.75) is 50.7 Å². The topological polar surface area (TPSA) is 42.0 Å². The second-order valence-corrected chi connectivity index (χ2v) is 8.31. The fourth-order valence-electron chi connectivity index (χ4n) is 2.29. The summed E-state index contributed by atoms with van der Waals surface area (Å²) in [7, 11) is 0. The Labute approximate surface area is 136 Å². The number of hydrogen-bond acceptors (Lipinski definition) is 3. The third-order valence-electron chi connectivity index (χ3n) is 3.59. The lowest BCUT2D eigenvalue weighted by Crippen LogP contribution is -2.32. The number of nitrogens with one attached hydrogen (secondary N) is 1. The summed E-state index contributed by atoms with van der Waals surface area (Å²) in [6.07, 6.45) is 3.75. The highest BCUT2D eigenvalue weighted by Gasteiger charge is 2.20. The molecule has 2 heterocycles. The average Bonchev–Trinajstić information content (AvgIpc) is 2.44. The van der Waals surface area contributed by atoms with Crippen LogP contribution in [-0.4, -0.2) is 28.4 Å². The van der Waals surface area contributed by atoms with E-state index in [1.54, 1.807) is 6.07 Å². The van der Waals surface area contributed by atoms with E-state index in [4.69, 9.17) is 11.6 Å². The quantitative estimate of drug-likeness (QED) is 0.852. The first-order valence-corrected chi connectivity index (χ1v) is 8.87. The molecule has 2 rings (SSSR count). The maximum absolute atomic E-state index is 12.3. The number of thioether (sulfide) groups is 1. The van der Waals surface area contributed by atoms with Crippen LogP contribution in [0, 0.1) is 0 Å². The van der Waals surface area contributed by atoms with E-state index in [9.17, 15) is 4.79 Å². The van der Waals surface area contributed by atoms with Gasteiger partial charge < -0.3 is 5.32 Å². The van der Waals surface area contributed by atoms with Gasteiger partial charge in [0, 0.05) is 28.5 Å². The Morgan fingerprint density at radius 3 is 2.81 bits per heavy atom. The minimum Gasteiger partial charge on any atom is -0.351 e. The predicted molar refractivity (Wildman–Crippen MR) is 90.4 cm³/mol. The van der Waals surface area contributed by atoms with Gasteiger partial charge in [-0.3, -0.25) is 4.79 Å². The van der Waals surface area contributed by atoms with Gasteiger partial charge in [-0.1, -0.05) is 38.8 Å². The van der Waals surface area contributed by atoms with Crippen LogP contribution in [0.3, 0.4) is 0 Å². The van der Waals surface area contributed by atoms with Gasteiger partial charge in [-0.05, 0) is 30.7 Å². The number of hydrogen-bond donors (Lipinski definition) is 1. The van der Waals surface area contributed by atoms with Crippen molar-refractivity contribution in [3.05, 3.63) is 28.5 Å². The number of aromatic nitrogens is 1. The van der Waals surface area contributed by atoms with Gasteiger partial charge in [-0.25, -0.2) is 4.98 Å². The molecule has 0 bridgehead atoms. The smallest absolute Gasteiger partial charge is 0.251 e. The number of nitrogens with zero attached hydrogens (tertiary/aromatic N) is 1. The van der Waals surface area contributed by atoms with Crippen molar-refractivity contribution in [3.63, 3.8) is 0 Å². The third kappa shape index (κ3) is 4.89. The molecule has 21 heavy (non-hydrogen) atoms. The lowest BCUT2D eigenvalue weighted by atomic mass is 9.91. The van der Waals surface area contributed by atoms with Crippen LogP contribution in [-0.2, 0) is 5.41 Å². The monoisotopic (exact) mass is 326 g/mol. The fourth-order valence-corrected chi connectivity index (χ4v) is 3.74. The number of amides is 1. The summed E-state index contributed by atoms with van der Waals surface area (Å²) in [5, 5.41) is 3.95. The molecule has 1 N–H and O–H groups in total. The van der Waals surface area contributed by atoms with Crippen LogP contribution >= 0.6 is 23.4 Å². The van der Waals surface area contributed by atoms with Gasteiger partial charge in [0.05, 0.1) is 0 Å². The summed E-state index contributed by atoms with van der Waals surface area (Å²) in [4.78, 5) is 16.6. The molecule has 1 unspecified atom stereocenters. The molecular weight excluding hydrogens is 304 g/mol. The molecule has 5 heteroatoms. The van der Waals surface area contributed by atoms with Crippen LogP contribution in [0.25, 0.3) is 0 Å². The van der Waals surface area contributed by atoms with Crippen LogP contribution in [0.5, 0.6) is 0 Å². The first kappa shape index (κ1) is 16.6. The van der Waals surface area contributed by atoms with Gasteiger partial charge in [-0.2, -0.15) is 11.8 Å². The number of pyridine rings is 1. The van der Waals surface area contributed by atoms with Gasteiger partial charge in [-0.15, -0.1) is 0 Å². The summed E-state index contributed by atoms with van der Waals surface area (Å²) < 4.78 is 0. The molecule has 1 aromatic rings. The zero-order valence-electron chi connectivity index (χ0n) is 12.9. The zero-order chi connectivity index (χ0) is 15.5. The highest BCUT2D eigenvalue weighted by molar-refractivity contribution is 7.99. The highest BCUT2D eigenvalue weighted by atomic mass is 35.5. The molecule has 116 valence electrons. The first-order valence-electron chi connectivity index (χ1n) is 7.44. The average molecular weight is 327 g/mol. The van der Waals surface area contributed by atoms with Crippen molar-refractivity contribution in [2.24, 2.45) is 0 Å². The molecular formula is C16H23ClN2OS. The molecule has 1 atom stereocenters. The molecule has 0 saturated carbocycles. The second kappa shape index (κ2) is 7.01. The summed E-state index contributed by atoms with van der Waals surface area (Å²) in [5.41, 5.74) is 1.31. The summed E-state index contributed by atoms with van der Waals surface area (Å²) in [5.74, 6) is 1.14. The predicted octanol–water partition coefficient (Wildman–Crippen LogP) is 4.05. The van der Waals surface area contributed by atoms with Crippen LogP contribution in [0.1, 0.15) is 56.1 Å². The van der Waals surface area contributed by atoms with Gasteiger partial charge in [0.2, 0.25) is 0 Å². The molecule has 0 radical (unpaired) electrons. The molecule has 1 aliphatic rings. The molecule has 0 aliphatic carbocycles. The second-order valence-electron chi connectivity index (χ2n) is 6.51. The van der Waals surface area contributed by atoms with Crippen molar-refractivity contribution >= 4 is 29.3 Å². The van der Waals surface area contributed by atoms with E-state index in [0.29, 0.717) is 16.0 Å². The van der Waals surface area contributed by atoms with E-state index in [1.807, 2.05) is 17.8 Å². The SMILES string of the molecule is CC(C)(C)c1cc(C(=O)NCC2CCCCS2)cc(Cl)n1. The maximum Gasteiger partial charge on any atom is 0.251 e. The Bertz CT molecular complexity index is 507. The normalized spacial score (nSPS) is 19.3. The van der Waals surface area contributed by atoms with E-state index in [-0.39, 0.29) is 11.3 Å². The molecule has 1 fully saturated rings. The van der Waals surface area contributed by atoms with Crippen molar-refractivity contribution in [3.8, 4) is 0 Å². The standard InChI is InChI=1S/C16H23ClN2OS/c1-16(2,3)13-8-11(9-14(17)19-13)15(20)18-10-12-6-4-5-7-21-12/h8-9,12H,4-7,10H2,1-3H3,(H,18,20). The molecule has 1 aliphatic heterocycles. The van der Waals surface area contributed by atoms with Crippen molar-refractivity contribution in [1.82, 2.24) is 10.3 Å². The Hall–Kier alpha value is -0.740. The van der Waals surface area contributed by atoms with E-state index in [2.05, 4.69) is 31.1 Å². The van der Waals surface area contributed by atoms with E-state index in [0.717, 1.165) is 12.2 Å².